The topological polar surface area (TPSA) is 29.5 Å². The minimum atomic E-state index is 0.107. The smallest absolute Gasteiger partial charge is 0.260 e. The van der Waals surface area contributed by atoms with Crippen LogP contribution in [0.15, 0.2) is 24.3 Å². The molecule has 0 unspecified atom stereocenters. The molecule has 0 spiro atoms. The van der Waals surface area contributed by atoms with Gasteiger partial charge in [-0.25, -0.2) is 0 Å². The van der Waals surface area contributed by atoms with Crippen molar-refractivity contribution in [3.05, 3.63) is 29.8 Å². The fraction of sp³-hybridized carbons (Fsp3) is 0.588. The first-order chi connectivity index (χ1) is 9.58. The van der Waals surface area contributed by atoms with Crippen molar-refractivity contribution in [3.63, 3.8) is 0 Å². The van der Waals surface area contributed by atoms with Gasteiger partial charge < -0.3 is 9.64 Å². The molecular formula is C17H25NO2. The van der Waals surface area contributed by atoms with Crippen LogP contribution in [0.2, 0.25) is 0 Å². The van der Waals surface area contributed by atoms with E-state index in [-0.39, 0.29) is 12.5 Å². The van der Waals surface area contributed by atoms with Crippen molar-refractivity contribution < 1.29 is 9.53 Å². The lowest BCUT2D eigenvalue weighted by Gasteiger charge is -2.33. The molecule has 3 heteroatoms. The lowest BCUT2D eigenvalue weighted by molar-refractivity contribution is -0.135. The Bertz CT molecular complexity index is 448. The maximum Gasteiger partial charge on any atom is 0.260 e. The SMILES string of the molecule is Cc1ccccc1OCC(=O)N1CCC(C(C)C)CC1. The minimum Gasteiger partial charge on any atom is -0.484 e. The summed E-state index contributed by atoms with van der Waals surface area (Å²) in [6, 6.07) is 7.81. The molecule has 1 amide bonds. The van der Waals surface area contributed by atoms with E-state index in [0.717, 1.165) is 49.1 Å². The van der Waals surface area contributed by atoms with E-state index in [2.05, 4.69) is 13.8 Å². The number of hydrogen-bond donors (Lipinski definition) is 0. The number of para-hydroxylation sites is 1. The van der Waals surface area contributed by atoms with Crippen molar-refractivity contribution >= 4 is 5.91 Å². The van der Waals surface area contributed by atoms with Gasteiger partial charge >= 0.3 is 0 Å². The first-order valence-corrected chi connectivity index (χ1v) is 7.54. The summed E-state index contributed by atoms with van der Waals surface area (Å²) in [5.41, 5.74) is 1.07. The third kappa shape index (κ3) is 3.75. The molecule has 1 aliphatic heterocycles. The highest BCUT2D eigenvalue weighted by Crippen LogP contribution is 2.24. The van der Waals surface area contributed by atoms with E-state index in [0.29, 0.717) is 0 Å². The molecule has 0 atom stereocenters. The quantitative estimate of drug-likeness (QED) is 0.844. The summed E-state index contributed by atoms with van der Waals surface area (Å²) >= 11 is 0. The molecule has 1 saturated heterocycles. The van der Waals surface area contributed by atoms with E-state index in [1.54, 1.807) is 0 Å². The second-order valence-corrected chi connectivity index (χ2v) is 6.02. The molecule has 0 aromatic heterocycles. The van der Waals surface area contributed by atoms with E-state index < -0.39 is 0 Å². The van der Waals surface area contributed by atoms with Crippen LogP contribution < -0.4 is 4.74 Å². The van der Waals surface area contributed by atoms with E-state index >= 15 is 0 Å². The monoisotopic (exact) mass is 275 g/mol. The molecule has 0 saturated carbocycles. The number of hydrogen-bond acceptors (Lipinski definition) is 2. The van der Waals surface area contributed by atoms with Gasteiger partial charge in [0.1, 0.15) is 5.75 Å². The summed E-state index contributed by atoms with van der Waals surface area (Å²) < 4.78 is 5.63. The Morgan fingerprint density at radius 1 is 1.30 bits per heavy atom. The zero-order valence-electron chi connectivity index (χ0n) is 12.8. The Morgan fingerprint density at radius 2 is 1.95 bits per heavy atom. The average Bonchev–Trinajstić information content (AvgIpc) is 2.46. The van der Waals surface area contributed by atoms with Crippen molar-refractivity contribution in [3.8, 4) is 5.75 Å². The summed E-state index contributed by atoms with van der Waals surface area (Å²) in [6.45, 7) is 8.43. The number of amides is 1. The highest BCUT2D eigenvalue weighted by atomic mass is 16.5. The van der Waals surface area contributed by atoms with Gasteiger partial charge in [0.05, 0.1) is 0 Å². The average molecular weight is 275 g/mol. The number of benzene rings is 1. The van der Waals surface area contributed by atoms with Gasteiger partial charge in [-0.05, 0) is 43.2 Å². The number of nitrogens with zero attached hydrogens (tertiary/aromatic N) is 1. The zero-order valence-corrected chi connectivity index (χ0v) is 12.8. The fourth-order valence-electron chi connectivity index (χ4n) is 2.76. The van der Waals surface area contributed by atoms with Gasteiger partial charge in [0.25, 0.3) is 5.91 Å². The molecule has 1 aromatic carbocycles. The standard InChI is InChI=1S/C17H25NO2/c1-13(2)15-8-10-18(11-9-15)17(19)12-20-16-7-5-4-6-14(16)3/h4-7,13,15H,8-12H2,1-3H3. The number of aryl methyl sites for hydroxylation is 1. The van der Waals surface area contributed by atoms with Crippen molar-refractivity contribution in [2.24, 2.45) is 11.8 Å². The van der Waals surface area contributed by atoms with E-state index in [9.17, 15) is 4.79 Å². The Balaban J connectivity index is 1.80. The normalized spacial score (nSPS) is 16.5. The van der Waals surface area contributed by atoms with Crippen molar-refractivity contribution in [1.29, 1.82) is 0 Å². The van der Waals surface area contributed by atoms with E-state index in [4.69, 9.17) is 4.74 Å². The van der Waals surface area contributed by atoms with Gasteiger partial charge in [-0.15, -0.1) is 0 Å². The molecule has 3 nitrogen and oxygen atoms in total. The largest absolute Gasteiger partial charge is 0.484 e. The third-order valence-electron chi connectivity index (χ3n) is 4.28. The van der Waals surface area contributed by atoms with Gasteiger partial charge in [-0.1, -0.05) is 32.0 Å². The van der Waals surface area contributed by atoms with Gasteiger partial charge in [-0.2, -0.15) is 0 Å². The van der Waals surface area contributed by atoms with Crippen LogP contribution in [0.25, 0.3) is 0 Å². The number of ether oxygens (including phenoxy) is 1. The molecule has 0 bridgehead atoms. The number of carbonyl (C=O) groups excluding carboxylic acids is 1. The van der Waals surface area contributed by atoms with Crippen LogP contribution in [0.5, 0.6) is 5.75 Å². The Hall–Kier alpha value is -1.51. The molecule has 0 aliphatic carbocycles. The number of piperidine rings is 1. The van der Waals surface area contributed by atoms with Crippen molar-refractivity contribution in [2.45, 2.75) is 33.6 Å². The molecule has 0 N–H and O–H groups in total. The number of rotatable bonds is 4. The summed E-state index contributed by atoms with van der Waals surface area (Å²) in [7, 11) is 0. The summed E-state index contributed by atoms with van der Waals surface area (Å²) in [5.74, 6) is 2.39. The second kappa shape index (κ2) is 6.78. The van der Waals surface area contributed by atoms with Crippen molar-refractivity contribution in [1.82, 2.24) is 4.90 Å². The van der Waals surface area contributed by atoms with Crippen LogP contribution in [-0.2, 0) is 4.79 Å². The van der Waals surface area contributed by atoms with Crippen LogP contribution in [0.1, 0.15) is 32.3 Å². The van der Waals surface area contributed by atoms with Gasteiger partial charge in [0.2, 0.25) is 0 Å². The molecule has 110 valence electrons. The lowest BCUT2D eigenvalue weighted by Crippen LogP contribution is -2.41. The van der Waals surface area contributed by atoms with Crippen LogP contribution in [0, 0.1) is 18.8 Å². The third-order valence-corrected chi connectivity index (χ3v) is 4.28. The Morgan fingerprint density at radius 3 is 2.55 bits per heavy atom. The van der Waals surface area contributed by atoms with E-state index in [1.165, 1.54) is 0 Å². The lowest BCUT2D eigenvalue weighted by atomic mass is 9.87. The highest BCUT2D eigenvalue weighted by molar-refractivity contribution is 5.77. The van der Waals surface area contributed by atoms with Gasteiger partial charge in [0.15, 0.2) is 6.61 Å². The molecule has 1 aliphatic rings. The Kier molecular flexibility index (Phi) is 5.05. The fourth-order valence-corrected chi connectivity index (χ4v) is 2.76. The molecule has 1 aromatic rings. The maximum absolute atomic E-state index is 12.2. The van der Waals surface area contributed by atoms with Crippen LogP contribution in [0.3, 0.4) is 0 Å². The molecule has 20 heavy (non-hydrogen) atoms. The first kappa shape index (κ1) is 14.9. The van der Waals surface area contributed by atoms with Crippen LogP contribution >= 0.6 is 0 Å². The Labute approximate surface area is 121 Å². The summed E-state index contributed by atoms with van der Waals surface area (Å²) in [6.07, 6.45) is 2.24. The minimum absolute atomic E-state index is 0.107. The second-order valence-electron chi connectivity index (χ2n) is 6.02. The van der Waals surface area contributed by atoms with Gasteiger partial charge in [-0.3, -0.25) is 4.79 Å². The van der Waals surface area contributed by atoms with Crippen LogP contribution in [0.4, 0.5) is 0 Å². The summed E-state index contributed by atoms with van der Waals surface area (Å²) in [4.78, 5) is 14.1. The molecule has 2 rings (SSSR count). The number of carbonyl (C=O) groups is 1. The maximum atomic E-state index is 12.2. The van der Waals surface area contributed by atoms with Crippen molar-refractivity contribution in [2.75, 3.05) is 19.7 Å². The highest BCUT2D eigenvalue weighted by Gasteiger charge is 2.24. The molecule has 0 radical (unpaired) electrons. The number of likely N-dealkylation sites (tertiary alicyclic amines) is 1. The molecular weight excluding hydrogens is 250 g/mol. The van der Waals surface area contributed by atoms with E-state index in [1.807, 2.05) is 36.1 Å². The van der Waals surface area contributed by atoms with Gasteiger partial charge in [0, 0.05) is 13.1 Å². The molecule has 1 heterocycles. The van der Waals surface area contributed by atoms with Crippen LogP contribution in [-0.4, -0.2) is 30.5 Å². The zero-order chi connectivity index (χ0) is 14.5. The predicted molar refractivity (Wildman–Crippen MR) is 80.8 cm³/mol. The molecule has 1 fully saturated rings. The predicted octanol–water partition coefficient (Wildman–Crippen LogP) is 3.27. The summed E-state index contributed by atoms with van der Waals surface area (Å²) in [5, 5.41) is 0. The first-order valence-electron chi connectivity index (χ1n) is 7.54.